The van der Waals surface area contributed by atoms with Crippen molar-refractivity contribution in [2.45, 2.75) is 6.92 Å². The van der Waals surface area contributed by atoms with E-state index in [-0.39, 0.29) is 29.4 Å². The molecule has 0 aromatic heterocycles. The van der Waals surface area contributed by atoms with Crippen molar-refractivity contribution in [3.8, 4) is 5.75 Å². The van der Waals surface area contributed by atoms with Gasteiger partial charge in [-0.2, -0.15) is 0 Å². The number of ketones is 1. The molecule has 0 atom stereocenters. The van der Waals surface area contributed by atoms with Crippen molar-refractivity contribution in [3.05, 3.63) is 58.9 Å². The number of hydrogen-bond donors (Lipinski definition) is 1. The highest BCUT2D eigenvalue weighted by atomic mass is 35.5. The van der Waals surface area contributed by atoms with Crippen molar-refractivity contribution in [1.82, 2.24) is 0 Å². The number of hydrogen-bond acceptors (Lipinski definition) is 3. The zero-order valence-corrected chi connectivity index (χ0v) is 12.5. The standard InChI is InChI=1S/C16H13ClFNO3/c1-10(20)12-8-11(17)6-7-15(12)22-9-16(21)19-14-5-3-2-4-13(14)18/h2-8H,9H2,1H3,(H,19,21). The van der Waals surface area contributed by atoms with Gasteiger partial charge >= 0.3 is 0 Å². The Kier molecular flexibility index (Phi) is 5.12. The number of anilines is 1. The Labute approximate surface area is 131 Å². The molecule has 0 radical (unpaired) electrons. The third-order valence-corrected chi connectivity index (χ3v) is 3.06. The molecular weight excluding hydrogens is 309 g/mol. The van der Waals surface area contributed by atoms with Crippen LogP contribution in [-0.4, -0.2) is 18.3 Å². The van der Waals surface area contributed by atoms with E-state index in [0.29, 0.717) is 5.02 Å². The zero-order chi connectivity index (χ0) is 16.1. The van der Waals surface area contributed by atoms with Crippen LogP contribution in [0.2, 0.25) is 5.02 Å². The van der Waals surface area contributed by atoms with Crippen molar-refractivity contribution >= 4 is 29.0 Å². The Hall–Kier alpha value is -2.40. The van der Waals surface area contributed by atoms with Crippen molar-refractivity contribution in [2.24, 2.45) is 0 Å². The lowest BCUT2D eigenvalue weighted by molar-refractivity contribution is -0.118. The van der Waals surface area contributed by atoms with E-state index in [1.807, 2.05) is 0 Å². The number of halogens is 2. The molecule has 2 aromatic carbocycles. The van der Waals surface area contributed by atoms with Crippen LogP contribution in [0.4, 0.5) is 10.1 Å². The largest absolute Gasteiger partial charge is 0.483 e. The van der Waals surface area contributed by atoms with E-state index in [2.05, 4.69) is 5.32 Å². The van der Waals surface area contributed by atoms with Gasteiger partial charge in [-0.1, -0.05) is 23.7 Å². The molecule has 4 nitrogen and oxygen atoms in total. The molecule has 2 rings (SSSR count). The molecule has 0 spiro atoms. The van der Waals surface area contributed by atoms with Gasteiger partial charge in [0.25, 0.3) is 5.91 Å². The van der Waals surface area contributed by atoms with Gasteiger partial charge in [0.2, 0.25) is 0 Å². The van der Waals surface area contributed by atoms with Crippen molar-refractivity contribution in [2.75, 3.05) is 11.9 Å². The van der Waals surface area contributed by atoms with Crippen LogP contribution in [0, 0.1) is 5.82 Å². The molecule has 0 saturated heterocycles. The molecule has 0 bridgehead atoms. The molecule has 0 heterocycles. The maximum absolute atomic E-state index is 13.4. The van der Waals surface area contributed by atoms with E-state index >= 15 is 0 Å². The number of carbonyl (C=O) groups excluding carboxylic acids is 2. The van der Waals surface area contributed by atoms with E-state index in [0.717, 1.165) is 0 Å². The lowest BCUT2D eigenvalue weighted by Crippen LogP contribution is -2.21. The fraction of sp³-hybridized carbons (Fsp3) is 0.125. The molecule has 114 valence electrons. The summed E-state index contributed by atoms with van der Waals surface area (Å²) in [5, 5.41) is 2.79. The van der Waals surface area contributed by atoms with Crippen molar-refractivity contribution in [1.29, 1.82) is 0 Å². The van der Waals surface area contributed by atoms with Gasteiger partial charge in [0, 0.05) is 5.02 Å². The van der Waals surface area contributed by atoms with Gasteiger partial charge in [0.1, 0.15) is 11.6 Å². The molecule has 6 heteroatoms. The monoisotopic (exact) mass is 321 g/mol. The van der Waals surface area contributed by atoms with Crippen LogP contribution in [0.1, 0.15) is 17.3 Å². The topological polar surface area (TPSA) is 55.4 Å². The SMILES string of the molecule is CC(=O)c1cc(Cl)ccc1OCC(=O)Nc1ccccc1F. The molecule has 1 amide bonds. The number of ether oxygens (including phenoxy) is 1. The highest BCUT2D eigenvalue weighted by Gasteiger charge is 2.12. The summed E-state index contributed by atoms with van der Waals surface area (Å²) in [5.74, 6) is -1.05. The third-order valence-electron chi connectivity index (χ3n) is 2.83. The Morgan fingerprint density at radius 3 is 2.64 bits per heavy atom. The number of rotatable bonds is 5. The van der Waals surface area contributed by atoms with E-state index in [4.69, 9.17) is 16.3 Å². The van der Waals surface area contributed by atoms with E-state index in [1.54, 1.807) is 12.1 Å². The maximum atomic E-state index is 13.4. The van der Waals surface area contributed by atoms with Crippen LogP contribution in [0.15, 0.2) is 42.5 Å². The second-order valence-corrected chi connectivity index (χ2v) is 4.95. The minimum Gasteiger partial charge on any atom is -0.483 e. The minimum atomic E-state index is -0.535. The number of benzene rings is 2. The van der Waals surface area contributed by atoms with Gasteiger partial charge < -0.3 is 10.1 Å². The summed E-state index contributed by atoms with van der Waals surface area (Å²) in [4.78, 5) is 23.3. The first-order chi connectivity index (χ1) is 10.5. The second kappa shape index (κ2) is 7.04. The normalized spacial score (nSPS) is 10.1. The van der Waals surface area contributed by atoms with Crippen LogP contribution in [0.25, 0.3) is 0 Å². The highest BCUT2D eigenvalue weighted by molar-refractivity contribution is 6.31. The van der Waals surface area contributed by atoms with Gasteiger partial charge in [-0.25, -0.2) is 4.39 Å². The minimum absolute atomic E-state index is 0.0685. The molecule has 0 saturated carbocycles. The van der Waals surface area contributed by atoms with Gasteiger partial charge in [-0.15, -0.1) is 0 Å². The first-order valence-corrected chi connectivity index (χ1v) is 6.83. The van der Waals surface area contributed by atoms with Gasteiger partial charge in [-0.05, 0) is 37.3 Å². The highest BCUT2D eigenvalue weighted by Crippen LogP contribution is 2.23. The predicted octanol–water partition coefficient (Wildman–Crippen LogP) is 3.70. The summed E-state index contributed by atoms with van der Waals surface area (Å²) >= 11 is 5.82. The van der Waals surface area contributed by atoms with E-state index in [9.17, 15) is 14.0 Å². The Balaban J connectivity index is 2.03. The summed E-state index contributed by atoms with van der Waals surface area (Å²) in [7, 11) is 0. The lowest BCUT2D eigenvalue weighted by atomic mass is 10.1. The van der Waals surface area contributed by atoms with Crippen LogP contribution in [-0.2, 0) is 4.79 Å². The summed E-state index contributed by atoms with van der Waals surface area (Å²) in [5.41, 5.74) is 0.352. The fourth-order valence-corrected chi connectivity index (χ4v) is 1.97. The number of para-hydroxylation sites is 1. The molecule has 2 aromatic rings. The summed E-state index contributed by atoms with van der Waals surface area (Å²) < 4.78 is 18.7. The van der Waals surface area contributed by atoms with Crippen molar-refractivity contribution < 1.29 is 18.7 Å². The molecular formula is C16H13ClFNO3. The Bertz CT molecular complexity index is 718. The van der Waals surface area contributed by atoms with E-state index in [1.165, 1.54) is 37.3 Å². The number of nitrogens with one attached hydrogen (secondary N) is 1. The molecule has 22 heavy (non-hydrogen) atoms. The van der Waals surface area contributed by atoms with Crippen LogP contribution in [0.3, 0.4) is 0 Å². The first kappa shape index (κ1) is 16.0. The third kappa shape index (κ3) is 4.05. The quantitative estimate of drug-likeness (QED) is 0.854. The van der Waals surface area contributed by atoms with Crippen molar-refractivity contribution in [3.63, 3.8) is 0 Å². The second-order valence-electron chi connectivity index (χ2n) is 4.51. The fourth-order valence-electron chi connectivity index (χ4n) is 1.80. The van der Waals surface area contributed by atoms with Gasteiger partial charge in [-0.3, -0.25) is 9.59 Å². The average Bonchev–Trinajstić information content (AvgIpc) is 2.48. The van der Waals surface area contributed by atoms with Crippen LogP contribution in [0.5, 0.6) is 5.75 Å². The average molecular weight is 322 g/mol. The maximum Gasteiger partial charge on any atom is 0.262 e. The number of carbonyl (C=O) groups is 2. The summed E-state index contributed by atoms with van der Waals surface area (Å²) in [6, 6.07) is 10.3. The molecule has 0 aliphatic carbocycles. The number of Topliss-reactive ketones (excluding diaryl/α,β-unsaturated/α-hetero) is 1. The summed E-state index contributed by atoms with van der Waals surface area (Å²) in [6.07, 6.45) is 0. The Morgan fingerprint density at radius 1 is 1.23 bits per heavy atom. The van der Waals surface area contributed by atoms with Gasteiger partial charge in [0.05, 0.1) is 11.3 Å². The number of amides is 1. The smallest absolute Gasteiger partial charge is 0.262 e. The Morgan fingerprint density at radius 2 is 1.95 bits per heavy atom. The predicted molar refractivity (Wildman–Crippen MR) is 82.0 cm³/mol. The summed E-state index contributed by atoms with van der Waals surface area (Å²) in [6.45, 7) is 1.02. The zero-order valence-electron chi connectivity index (χ0n) is 11.7. The molecule has 0 fully saturated rings. The first-order valence-electron chi connectivity index (χ1n) is 6.45. The van der Waals surface area contributed by atoms with Crippen LogP contribution >= 0.6 is 11.6 Å². The van der Waals surface area contributed by atoms with Gasteiger partial charge in [0.15, 0.2) is 12.4 Å². The molecule has 1 N–H and O–H groups in total. The molecule has 0 unspecified atom stereocenters. The van der Waals surface area contributed by atoms with Crippen LogP contribution < -0.4 is 10.1 Å². The molecule has 0 aliphatic rings. The van der Waals surface area contributed by atoms with E-state index < -0.39 is 11.7 Å². The lowest BCUT2D eigenvalue weighted by Gasteiger charge is -2.11. The molecule has 0 aliphatic heterocycles.